The number of hydrogen-bond acceptors (Lipinski definition) is 3. The summed E-state index contributed by atoms with van der Waals surface area (Å²) in [5, 5.41) is 3.29. The molecule has 0 aliphatic carbocycles. The summed E-state index contributed by atoms with van der Waals surface area (Å²) in [5.41, 5.74) is 1.15. The first kappa shape index (κ1) is 17.8. The summed E-state index contributed by atoms with van der Waals surface area (Å²) in [6.07, 6.45) is 0. The van der Waals surface area contributed by atoms with Crippen LogP contribution in [0.2, 0.25) is 5.02 Å². The summed E-state index contributed by atoms with van der Waals surface area (Å²) in [6, 6.07) is 14.0. The van der Waals surface area contributed by atoms with Crippen LogP contribution in [-0.4, -0.2) is 32.0 Å². The van der Waals surface area contributed by atoms with Crippen LogP contribution in [0.3, 0.4) is 0 Å². The van der Waals surface area contributed by atoms with Gasteiger partial charge in [-0.25, -0.2) is 0 Å². The van der Waals surface area contributed by atoms with E-state index in [0.29, 0.717) is 35.1 Å². The van der Waals surface area contributed by atoms with Gasteiger partial charge in [-0.2, -0.15) is 0 Å². The van der Waals surface area contributed by atoms with E-state index in [1.54, 1.807) is 48.4 Å². The number of carbonyl (C=O) groups excluding carboxylic acids is 2. The Kier molecular flexibility index (Phi) is 6.21. The molecule has 1 N–H and O–H groups in total. The van der Waals surface area contributed by atoms with Crippen molar-refractivity contribution in [2.75, 3.05) is 25.1 Å². The zero-order valence-electron chi connectivity index (χ0n) is 13.6. The molecule has 0 fully saturated rings. The summed E-state index contributed by atoms with van der Waals surface area (Å²) < 4.78 is 5.29. The number of para-hydroxylation sites is 2. The SMILES string of the molecule is COc1ccccc1N(CCNC(=O)c1cccc(Cl)c1)C(C)=O. The van der Waals surface area contributed by atoms with Crippen LogP contribution in [0.4, 0.5) is 5.69 Å². The molecule has 0 heterocycles. The molecular weight excluding hydrogens is 328 g/mol. The van der Waals surface area contributed by atoms with Crippen LogP contribution < -0.4 is 15.0 Å². The number of carbonyl (C=O) groups is 2. The van der Waals surface area contributed by atoms with E-state index in [-0.39, 0.29) is 11.8 Å². The quantitative estimate of drug-likeness (QED) is 0.874. The maximum absolute atomic E-state index is 12.1. The van der Waals surface area contributed by atoms with Gasteiger partial charge < -0.3 is 15.0 Å². The zero-order chi connectivity index (χ0) is 17.5. The predicted octanol–water partition coefficient (Wildman–Crippen LogP) is 3.13. The molecule has 2 aromatic rings. The van der Waals surface area contributed by atoms with Crippen LogP contribution in [0, 0.1) is 0 Å². The number of nitrogens with one attached hydrogen (secondary N) is 1. The molecule has 0 aromatic heterocycles. The molecule has 0 unspecified atom stereocenters. The first-order valence-corrected chi connectivity index (χ1v) is 7.85. The summed E-state index contributed by atoms with van der Waals surface area (Å²) in [4.78, 5) is 25.6. The van der Waals surface area contributed by atoms with Crippen molar-refractivity contribution in [3.05, 3.63) is 59.1 Å². The number of anilines is 1. The average molecular weight is 347 g/mol. The summed E-state index contributed by atoms with van der Waals surface area (Å²) >= 11 is 5.88. The van der Waals surface area contributed by atoms with Crippen LogP contribution in [0.25, 0.3) is 0 Å². The number of hydrogen-bond donors (Lipinski definition) is 1. The third kappa shape index (κ3) is 4.49. The van der Waals surface area contributed by atoms with Gasteiger partial charge in [0.25, 0.3) is 5.91 Å². The predicted molar refractivity (Wildman–Crippen MR) is 94.8 cm³/mol. The van der Waals surface area contributed by atoms with E-state index in [9.17, 15) is 9.59 Å². The van der Waals surface area contributed by atoms with Crippen molar-refractivity contribution in [1.82, 2.24) is 5.32 Å². The van der Waals surface area contributed by atoms with E-state index in [1.807, 2.05) is 12.1 Å². The Bertz CT molecular complexity index is 734. The van der Waals surface area contributed by atoms with Crippen LogP contribution >= 0.6 is 11.6 Å². The fourth-order valence-electron chi connectivity index (χ4n) is 2.31. The van der Waals surface area contributed by atoms with Crippen molar-refractivity contribution in [2.24, 2.45) is 0 Å². The molecule has 2 rings (SSSR count). The number of ether oxygens (including phenoxy) is 1. The zero-order valence-corrected chi connectivity index (χ0v) is 14.3. The molecule has 0 saturated carbocycles. The number of nitrogens with zero attached hydrogens (tertiary/aromatic N) is 1. The minimum atomic E-state index is -0.235. The second kappa shape index (κ2) is 8.36. The van der Waals surface area contributed by atoms with E-state index in [0.717, 1.165) is 0 Å². The van der Waals surface area contributed by atoms with Gasteiger partial charge in [0.05, 0.1) is 12.8 Å². The molecule has 2 amide bonds. The normalized spacial score (nSPS) is 10.1. The maximum atomic E-state index is 12.1. The molecule has 0 saturated heterocycles. The third-order valence-corrected chi connectivity index (χ3v) is 3.70. The molecule has 2 aromatic carbocycles. The lowest BCUT2D eigenvalue weighted by molar-refractivity contribution is -0.116. The van der Waals surface area contributed by atoms with E-state index in [1.165, 1.54) is 6.92 Å². The molecular formula is C18H19ClN2O3. The van der Waals surface area contributed by atoms with Crippen molar-refractivity contribution >= 4 is 29.1 Å². The van der Waals surface area contributed by atoms with Gasteiger partial charge in [0.1, 0.15) is 5.75 Å². The van der Waals surface area contributed by atoms with Crippen LogP contribution in [0.15, 0.2) is 48.5 Å². The molecule has 0 radical (unpaired) electrons. The number of amides is 2. The monoisotopic (exact) mass is 346 g/mol. The molecule has 5 nitrogen and oxygen atoms in total. The van der Waals surface area contributed by atoms with E-state index in [2.05, 4.69) is 5.32 Å². The van der Waals surface area contributed by atoms with Gasteiger partial charge in [0, 0.05) is 30.6 Å². The van der Waals surface area contributed by atoms with Crippen LogP contribution in [0.1, 0.15) is 17.3 Å². The number of methoxy groups -OCH3 is 1. The Morgan fingerprint density at radius 2 is 1.92 bits per heavy atom. The highest BCUT2D eigenvalue weighted by molar-refractivity contribution is 6.30. The highest BCUT2D eigenvalue weighted by Crippen LogP contribution is 2.27. The maximum Gasteiger partial charge on any atom is 0.251 e. The van der Waals surface area contributed by atoms with Gasteiger partial charge in [-0.3, -0.25) is 9.59 Å². The highest BCUT2D eigenvalue weighted by Gasteiger charge is 2.16. The van der Waals surface area contributed by atoms with Crippen molar-refractivity contribution in [2.45, 2.75) is 6.92 Å². The fraction of sp³-hybridized carbons (Fsp3) is 0.222. The minimum absolute atomic E-state index is 0.128. The fourth-order valence-corrected chi connectivity index (χ4v) is 2.50. The lowest BCUT2D eigenvalue weighted by Crippen LogP contribution is -2.37. The second-order valence-electron chi connectivity index (χ2n) is 5.11. The lowest BCUT2D eigenvalue weighted by Gasteiger charge is -2.23. The summed E-state index contributed by atoms with van der Waals surface area (Å²) in [7, 11) is 1.55. The molecule has 0 spiro atoms. The third-order valence-electron chi connectivity index (χ3n) is 3.46. The average Bonchev–Trinajstić information content (AvgIpc) is 2.58. The Morgan fingerprint density at radius 3 is 2.58 bits per heavy atom. The van der Waals surface area contributed by atoms with Gasteiger partial charge in [-0.1, -0.05) is 29.8 Å². The smallest absolute Gasteiger partial charge is 0.251 e. The number of benzene rings is 2. The first-order valence-electron chi connectivity index (χ1n) is 7.48. The van der Waals surface area contributed by atoms with Gasteiger partial charge in [0.2, 0.25) is 5.91 Å². The first-order chi connectivity index (χ1) is 11.5. The van der Waals surface area contributed by atoms with Crippen molar-refractivity contribution < 1.29 is 14.3 Å². The molecule has 0 bridgehead atoms. The van der Waals surface area contributed by atoms with E-state index < -0.39 is 0 Å². The van der Waals surface area contributed by atoms with Crippen molar-refractivity contribution in [1.29, 1.82) is 0 Å². The highest BCUT2D eigenvalue weighted by atomic mass is 35.5. The summed E-state index contributed by atoms with van der Waals surface area (Å²) in [6.45, 7) is 2.12. The Labute approximate surface area is 146 Å². The largest absolute Gasteiger partial charge is 0.495 e. The summed E-state index contributed by atoms with van der Waals surface area (Å²) in [5.74, 6) is 0.242. The Morgan fingerprint density at radius 1 is 1.17 bits per heavy atom. The topological polar surface area (TPSA) is 58.6 Å². The molecule has 6 heteroatoms. The van der Waals surface area contributed by atoms with Gasteiger partial charge >= 0.3 is 0 Å². The van der Waals surface area contributed by atoms with Gasteiger partial charge in [0.15, 0.2) is 0 Å². The minimum Gasteiger partial charge on any atom is -0.495 e. The Hall–Kier alpha value is -2.53. The lowest BCUT2D eigenvalue weighted by atomic mass is 10.2. The molecule has 0 aliphatic heterocycles. The van der Waals surface area contributed by atoms with Gasteiger partial charge in [-0.05, 0) is 30.3 Å². The molecule has 0 aliphatic rings. The standard InChI is InChI=1S/C18H19ClN2O3/c1-13(22)21(16-8-3-4-9-17(16)24-2)11-10-20-18(23)14-6-5-7-15(19)12-14/h3-9,12H,10-11H2,1-2H3,(H,20,23). The molecule has 126 valence electrons. The molecule has 0 atom stereocenters. The number of halogens is 1. The van der Waals surface area contributed by atoms with E-state index in [4.69, 9.17) is 16.3 Å². The van der Waals surface area contributed by atoms with Crippen molar-refractivity contribution in [3.8, 4) is 5.75 Å². The second-order valence-corrected chi connectivity index (χ2v) is 5.55. The molecule has 24 heavy (non-hydrogen) atoms. The Balaban J connectivity index is 2.02. The van der Waals surface area contributed by atoms with Crippen LogP contribution in [0.5, 0.6) is 5.75 Å². The van der Waals surface area contributed by atoms with E-state index >= 15 is 0 Å². The van der Waals surface area contributed by atoms with Gasteiger partial charge in [-0.15, -0.1) is 0 Å². The number of rotatable bonds is 6. The van der Waals surface area contributed by atoms with Crippen molar-refractivity contribution in [3.63, 3.8) is 0 Å². The van der Waals surface area contributed by atoms with Crippen LogP contribution in [-0.2, 0) is 4.79 Å².